The molecule has 1 saturated carbocycles. The van der Waals surface area contributed by atoms with Crippen LogP contribution in [0.5, 0.6) is 0 Å². The minimum Gasteiger partial charge on any atom is -0.481 e. The predicted molar refractivity (Wildman–Crippen MR) is 121 cm³/mol. The van der Waals surface area contributed by atoms with Crippen molar-refractivity contribution in [1.82, 2.24) is 0 Å². The molecule has 2 aromatic rings. The zero-order valence-corrected chi connectivity index (χ0v) is 17.1. The molecule has 0 spiro atoms. The maximum Gasteiger partial charge on any atom is 0.314 e. The first-order chi connectivity index (χ1) is 13.9. The summed E-state index contributed by atoms with van der Waals surface area (Å²) in [5, 5.41) is 9.93. The Labute approximate surface area is 178 Å². The standard InChI is InChI=1S/C23H19ClN2O2S/c1-14-12-19(24)13-26-29-21(20(14)25)17-4-2-15(3-5-17)16-6-8-18(9-7-16)23(10-11-23)22(27)28/h2-9,12-13H,1,10-11,25H2,(H,27,28)/b19-12+,21-20?,26-13?. The van der Waals surface area contributed by atoms with E-state index in [1.165, 1.54) is 11.9 Å². The molecule has 4 nitrogen and oxygen atoms in total. The number of benzene rings is 2. The first-order valence-corrected chi connectivity index (χ1v) is 10.3. The second-order valence-electron chi connectivity index (χ2n) is 7.17. The van der Waals surface area contributed by atoms with Crippen LogP contribution in [0, 0.1) is 0 Å². The minimum absolute atomic E-state index is 0.485. The second-order valence-corrected chi connectivity index (χ2v) is 8.40. The normalized spacial score (nSPS) is 19.9. The SMILES string of the molecule is C=C1/C=C(/Cl)C=NSC(c2ccc(-c3ccc(C4(C(=O)O)CC4)cc3)cc2)=C1N. The van der Waals surface area contributed by atoms with E-state index in [1.54, 1.807) is 12.3 Å². The summed E-state index contributed by atoms with van der Waals surface area (Å²) in [6, 6.07) is 15.8. The molecule has 6 heteroatoms. The fraction of sp³-hybridized carbons (Fsp3) is 0.130. The van der Waals surface area contributed by atoms with E-state index in [0.717, 1.165) is 27.2 Å². The molecule has 0 aromatic heterocycles. The van der Waals surface area contributed by atoms with Gasteiger partial charge in [0, 0.05) is 11.9 Å². The number of carbonyl (C=O) groups is 1. The van der Waals surface area contributed by atoms with Crippen LogP contribution in [0.3, 0.4) is 0 Å². The fourth-order valence-corrected chi connectivity index (χ4v) is 4.34. The third-order valence-electron chi connectivity index (χ3n) is 5.30. The Morgan fingerprint density at radius 3 is 2.17 bits per heavy atom. The Kier molecular flexibility index (Phi) is 5.11. The lowest BCUT2D eigenvalue weighted by molar-refractivity contribution is -0.140. The van der Waals surface area contributed by atoms with Gasteiger partial charge in [0.25, 0.3) is 0 Å². The Bertz CT molecular complexity index is 1080. The first kappa shape index (κ1) is 19.6. The van der Waals surface area contributed by atoms with Crippen molar-refractivity contribution in [3.63, 3.8) is 0 Å². The summed E-state index contributed by atoms with van der Waals surface area (Å²) in [4.78, 5) is 12.3. The van der Waals surface area contributed by atoms with Crippen molar-refractivity contribution < 1.29 is 9.90 Å². The van der Waals surface area contributed by atoms with Crippen molar-refractivity contribution in [2.24, 2.45) is 10.1 Å². The number of hydrogen-bond acceptors (Lipinski definition) is 4. The van der Waals surface area contributed by atoms with Crippen LogP contribution in [-0.2, 0) is 10.2 Å². The summed E-state index contributed by atoms with van der Waals surface area (Å²) in [6.07, 6.45) is 4.68. The van der Waals surface area contributed by atoms with E-state index < -0.39 is 11.4 Å². The van der Waals surface area contributed by atoms with Crippen LogP contribution in [0.1, 0.15) is 24.0 Å². The summed E-state index contributed by atoms with van der Waals surface area (Å²) < 4.78 is 4.25. The smallest absolute Gasteiger partial charge is 0.314 e. The predicted octanol–water partition coefficient (Wildman–Crippen LogP) is 5.51. The van der Waals surface area contributed by atoms with E-state index in [0.29, 0.717) is 29.1 Å². The average molecular weight is 423 g/mol. The molecule has 146 valence electrons. The average Bonchev–Trinajstić information content (AvgIpc) is 3.53. The second kappa shape index (κ2) is 7.58. The maximum absolute atomic E-state index is 11.5. The van der Waals surface area contributed by atoms with Crippen molar-refractivity contribution in [3.05, 3.63) is 88.6 Å². The number of allylic oxidation sites excluding steroid dienone is 2. The Balaban J connectivity index is 1.60. The number of halogens is 1. The Hall–Kier alpha value is -2.76. The van der Waals surface area contributed by atoms with E-state index in [9.17, 15) is 9.90 Å². The number of nitrogens with two attached hydrogens (primary N) is 1. The summed E-state index contributed by atoms with van der Waals surface area (Å²) in [5.41, 5.74) is 10.7. The van der Waals surface area contributed by atoms with Gasteiger partial charge in [0.05, 0.1) is 27.3 Å². The van der Waals surface area contributed by atoms with Gasteiger partial charge in [-0.15, -0.1) is 0 Å². The van der Waals surface area contributed by atoms with Crippen LogP contribution < -0.4 is 5.73 Å². The molecule has 29 heavy (non-hydrogen) atoms. The third-order valence-corrected chi connectivity index (χ3v) is 6.36. The molecule has 1 aliphatic carbocycles. The van der Waals surface area contributed by atoms with Gasteiger partial charge in [0.2, 0.25) is 0 Å². The van der Waals surface area contributed by atoms with Crippen LogP contribution in [0.4, 0.5) is 0 Å². The van der Waals surface area contributed by atoms with E-state index in [2.05, 4.69) is 11.0 Å². The van der Waals surface area contributed by atoms with Crippen molar-refractivity contribution in [2.45, 2.75) is 18.3 Å². The summed E-state index contributed by atoms with van der Waals surface area (Å²) in [6.45, 7) is 3.97. The number of hydrogen-bond donors (Lipinski definition) is 2. The fourth-order valence-electron chi connectivity index (χ4n) is 3.36. The first-order valence-electron chi connectivity index (χ1n) is 9.12. The molecule has 0 amide bonds. The molecule has 0 unspecified atom stereocenters. The lowest BCUT2D eigenvalue weighted by Gasteiger charge is -2.13. The molecule has 0 atom stereocenters. The number of carboxylic acids is 1. The van der Waals surface area contributed by atoms with E-state index in [4.69, 9.17) is 17.3 Å². The number of aliphatic carboxylic acids is 1. The third kappa shape index (κ3) is 3.76. The van der Waals surface area contributed by atoms with E-state index in [-0.39, 0.29) is 0 Å². The van der Waals surface area contributed by atoms with Crippen LogP contribution in [0.15, 0.2) is 81.9 Å². The van der Waals surface area contributed by atoms with Crippen LogP contribution >= 0.6 is 23.5 Å². The Morgan fingerprint density at radius 2 is 1.62 bits per heavy atom. The molecule has 1 aliphatic heterocycles. The molecular formula is C23H19ClN2O2S. The van der Waals surface area contributed by atoms with Crippen LogP contribution in [-0.4, -0.2) is 17.3 Å². The van der Waals surface area contributed by atoms with Crippen LogP contribution in [0.25, 0.3) is 16.0 Å². The molecule has 3 N–H and O–H groups in total. The summed E-state index contributed by atoms with van der Waals surface area (Å²) in [5.74, 6) is -0.738. The largest absolute Gasteiger partial charge is 0.481 e. The molecule has 4 rings (SSSR count). The highest BCUT2D eigenvalue weighted by molar-refractivity contribution is 8.07. The summed E-state index contributed by atoms with van der Waals surface area (Å²) >= 11 is 7.29. The van der Waals surface area contributed by atoms with Gasteiger partial charge in [0.1, 0.15) is 0 Å². The summed E-state index contributed by atoms with van der Waals surface area (Å²) in [7, 11) is 0. The van der Waals surface area contributed by atoms with Crippen LogP contribution in [0.2, 0.25) is 0 Å². The maximum atomic E-state index is 11.5. The molecule has 2 aromatic carbocycles. The molecule has 0 saturated heterocycles. The lowest BCUT2D eigenvalue weighted by Crippen LogP contribution is -2.19. The molecule has 1 fully saturated rings. The molecular weight excluding hydrogens is 404 g/mol. The zero-order chi connectivity index (χ0) is 20.6. The lowest BCUT2D eigenvalue weighted by atomic mass is 9.93. The highest BCUT2D eigenvalue weighted by Gasteiger charge is 2.51. The molecule has 0 radical (unpaired) electrons. The number of carboxylic acid groups (broad SMARTS) is 1. The minimum atomic E-state index is -0.738. The van der Waals surface area contributed by atoms with Crippen molar-refractivity contribution in [3.8, 4) is 11.1 Å². The molecule has 2 aliphatic rings. The monoisotopic (exact) mass is 422 g/mol. The van der Waals surface area contributed by atoms with Crippen molar-refractivity contribution in [1.29, 1.82) is 0 Å². The topological polar surface area (TPSA) is 75.7 Å². The van der Waals surface area contributed by atoms with Gasteiger partial charge in [-0.2, -0.15) is 0 Å². The van der Waals surface area contributed by atoms with Gasteiger partial charge in [-0.1, -0.05) is 66.7 Å². The Morgan fingerprint density at radius 1 is 1.07 bits per heavy atom. The van der Waals surface area contributed by atoms with Gasteiger partial charge in [-0.3, -0.25) is 4.79 Å². The number of rotatable bonds is 4. The van der Waals surface area contributed by atoms with Gasteiger partial charge >= 0.3 is 5.97 Å². The van der Waals surface area contributed by atoms with E-state index >= 15 is 0 Å². The van der Waals surface area contributed by atoms with Crippen molar-refractivity contribution >= 4 is 40.6 Å². The zero-order valence-electron chi connectivity index (χ0n) is 15.6. The highest BCUT2D eigenvalue weighted by Crippen LogP contribution is 2.48. The number of nitrogens with zero attached hydrogens (tertiary/aromatic N) is 1. The van der Waals surface area contributed by atoms with E-state index in [1.807, 2.05) is 48.5 Å². The van der Waals surface area contributed by atoms with Gasteiger partial charge in [-0.25, -0.2) is 4.40 Å². The van der Waals surface area contributed by atoms with Crippen molar-refractivity contribution in [2.75, 3.05) is 0 Å². The van der Waals surface area contributed by atoms with Gasteiger partial charge < -0.3 is 10.8 Å². The highest BCUT2D eigenvalue weighted by atomic mass is 35.5. The van der Waals surface area contributed by atoms with Gasteiger partial charge in [0.15, 0.2) is 0 Å². The van der Waals surface area contributed by atoms with Gasteiger partial charge in [-0.05, 0) is 46.7 Å². The molecule has 1 heterocycles. The molecule has 0 bridgehead atoms. The quantitative estimate of drug-likeness (QED) is 0.637.